The SMILES string of the molecule is C[C@@H](c1ccccc1)S(=O)(=O)CS(=O)(=O)[C@@H](C)c1ccccc1.C[C@H](c1ccccc1)S(=O)(=O)CS(=O)(=O)[C@H](C)c1ccccc1. The Labute approximate surface area is 274 Å². The van der Waals surface area contributed by atoms with Gasteiger partial charge in [-0.3, -0.25) is 0 Å². The Hall–Kier alpha value is -3.32. The first kappa shape index (κ1) is 37.1. The van der Waals surface area contributed by atoms with Gasteiger partial charge in [0.25, 0.3) is 0 Å². The fourth-order valence-electron chi connectivity index (χ4n) is 4.59. The third kappa shape index (κ3) is 9.84. The normalized spacial score (nSPS) is 15.0. The van der Waals surface area contributed by atoms with Gasteiger partial charge >= 0.3 is 0 Å². The fourth-order valence-corrected chi connectivity index (χ4v) is 13.8. The van der Waals surface area contributed by atoms with Crippen LogP contribution in [0.25, 0.3) is 0 Å². The van der Waals surface area contributed by atoms with Crippen LogP contribution in [0, 0.1) is 0 Å². The summed E-state index contributed by atoms with van der Waals surface area (Å²) in [4.78, 5) is 0. The molecule has 0 saturated heterocycles. The predicted molar refractivity (Wildman–Crippen MR) is 185 cm³/mol. The van der Waals surface area contributed by atoms with Gasteiger partial charge in [-0.2, -0.15) is 0 Å². The molecule has 0 aromatic heterocycles. The molecular weight excluding hydrogens is 665 g/mol. The fraction of sp³-hybridized carbons (Fsp3) is 0.294. The molecule has 12 heteroatoms. The van der Waals surface area contributed by atoms with Crippen LogP contribution in [0.5, 0.6) is 0 Å². The number of hydrogen-bond acceptors (Lipinski definition) is 8. The van der Waals surface area contributed by atoms with Gasteiger partial charge in [0.15, 0.2) is 49.5 Å². The smallest absolute Gasteiger partial charge is 0.171 e. The minimum atomic E-state index is -3.81. The summed E-state index contributed by atoms with van der Waals surface area (Å²) in [6.07, 6.45) is 0. The highest BCUT2D eigenvalue weighted by Crippen LogP contribution is 2.30. The Bertz CT molecular complexity index is 1690. The Balaban J connectivity index is 0.000000250. The third-order valence-corrected chi connectivity index (χ3v) is 18.5. The second-order valence-corrected chi connectivity index (χ2v) is 21.1. The van der Waals surface area contributed by atoms with E-state index in [1.165, 1.54) is 27.7 Å². The van der Waals surface area contributed by atoms with E-state index >= 15 is 0 Å². The van der Waals surface area contributed by atoms with Gasteiger partial charge in [-0.05, 0) is 49.9 Å². The van der Waals surface area contributed by atoms with Crippen molar-refractivity contribution in [2.75, 3.05) is 10.2 Å². The lowest BCUT2D eigenvalue weighted by molar-refractivity contribution is 0.575. The highest BCUT2D eigenvalue weighted by molar-refractivity contribution is 8.08. The molecule has 0 spiro atoms. The molecule has 0 fully saturated rings. The molecule has 248 valence electrons. The quantitative estimate of drug-likeness (QED) is 0.161. The van der Waals surface area contributed by atoms with Crippen molar-refractivity contribution >= 4 is 39.3 Å². The third-order valence-electron chi connectivity index (χ3n) is 7.89. The van der Waals surface area contributed by atoms with Gasteiger partial charge < -0.3 is 0 Å². The van der Waals surface area contributed by atoms with Gasteiger partial charge in [0.1, 0.15) is 0 Å². The van der Waals surface area contributed by atoms with E-state index in [-0.39, 0.29) is 0 Å². The molecular formula is C34H40O8S4. The van der Waals surface area contributed by atoms with Crippen molar-refractivity contribution < 1.29 is 33.7 Å². The second kappa shape index (κ2) is 15.5. The van der Waals surface area contributed by atoms with Crippen LogP contribution in [0.1, 0.15) is 70.9 Å². The summed E-state index contributed by atoms with van der Waals surface area (Å²) < 4.78 is 100. The molecule has 0 amide bonds. The summed E-state index contributed by atoms with van der Waals surface area (Å²) in [5.74, 6) is 0. The summed E-state index contributed by atoms with van der Waals surface area (Å²) in [5, 5.41) is -5.15. The Morgan fingerprint density at radius 3 is 0.630 bits per heavy atom. The van der Waals surface area contributed by atoms with Gasteiger partial charge in [-0.25, -0.2) is 33.7 Å². The maximum atomic E-state index is 12.5. The van der Waals surface area contributed by atoms with Gasteiger partial charge in [0.2, 0.25) is 0 Å². The number of sulfone groups is 4. The first-order valence-electron chi connectivity index (χ1n) is 14.5. The zero-order valence-corrected chi connectivity index (χ0v) is 29.4. The van der Waals surface area contributed by atoms with E-state index in [0.717, 1.165) is 0 Å². The van der Waals surface area contributed by atoms with E-state index in [9.17, 15) is 33.7 Å². The van der Waals surface area contributed by atoms with E-state index in [1.54, 1.807) is 121 Å². The van der Waals surface area contributed by atoms with E-state index in [2.05, 4.69) is 0 Å². The van der Waals surface area contributed by atoms with Crippen LogP contribution >= 0.6 is 0 Å². The summed E-state index contributed by atoms with van der Waals surface area (Å²) in [5.41, 5.74) is 2.37. The standard InChI is InChI=1S/2C17H20O4S2/c2*1-14(16-9-5-3-6-10-16)22(18,19)13-23(20,21)15(2)17-11-7-4-8-12-17/h2*3-12,14-15H,13H2,1-2H3/t2*14-,15-/m10/s1. The maximum absolute atomic E-state index is 12.5. The lowest BCUT2D eigenvalue weighted by Crippen LogP contribution is -2.24. The molecule has 4 aromatic carbocycles. The van der Waals surface area contributed by atoms with Crippen LogP contribution in [-0.2, 0) is 39.3 Å². The van der Waals surface area contributed by atoms with Crippen molar-refractivity contribution in [1.82, 2.24) is 0 Å². The Kier molecular flexibility index (Phi) is 12.5. The summed E-state index contributed by atoms with van der Waals surface area (Å²) in [6.45, 7) is 6.08. The summed E-state index contributed by atoms with van der Waals surface area (Å²) in [7, 11) is -15.2. The van der Waals surface area contributed by atoms with Crippen molar-refractivity contribution in [2.24, 2.45) is 0 Å². The highest BCUT2D eigenvalue weighted by Gasteiger charge is 2.34. The van der Waals surface area contributed by atoms with Crippen LogP contribution < -0.4 is 0 Å². The van der Waals surface area contributed by atoms with E-state index in [0.29, 0.717) is 22.3 Å². The van der Waals surface area contributed by atoms with Crippen LogP contribution in [0.15, 0.2) is 121 Å². The van der Waals surface area contributed by atoms with Crippen molar-refractivity contribution in [3.8, 4) is 0 Å². The second-order valence-electron chi connectivity index (χ2n) is 11.1. The maximum Gasteiger partial charge on any atom is 0.171 e. The molecule has 0 heterocycles. The molecule has 4 rings (SSSR count). The van der Waals surface area contributed by atoms with Crippen molar-refractivity contribution in [2.45, 2.75) is 48.7 Å². The average molecular weight is 705 g/mol. The Morgan fingerprint density at radius 1 is 0.326 bits per heavy atom. The number of hydrogen-bond donors (Lipinski definition) is 0. The van der Waals surface area contributed by atoms with Crippen LogP contribution in [0.2, 0.25) is 0 Å². The van der Waals surface area contributed by atoms with Gasteiger partial charge in [-0.15, -0.1) is 0 Å². The average Bonchev–Trinajstić information content (AvgIpc) is 3.04. The summed E-state index contributed by atoms with van der Waals surface area (Å²) >= 11 is 0. The monoisotopic (exact) mass is 704 g/mol. The van der Waals surface area contributed by atoms with Crippen LogP contribution in [0.4, 0.5) is 0 Å². The number of rotatable bonds is 12. The minimum absolute atomic E-state index is 0.593. The lowest BCUT2D eigenvalue weighted by atomic mass is 10.2. The molecule has 0 aliphatic carbocycles. The molecule has 0 saturated carbocycles. The predicted octanol–water partition coefficient (Wildman–Crippen LogP) is 6.59. The highest BCUT2D eigenvalue weighted by atomic mass is 32.3. The van der Waals surface area contributed by atoms with Crippen molar-refractivity contribution in [3.05, 3.63) is 144 Å². The molecule has 8 nitrogen and oxygen atoms in total. The van der Waals surface area contributed by atoms with Crippen molar-refractivity contribution in [3.63, 3.8) is 0 Å². The van der Waals surface area contributed by atoms with Crippen LogP contribution in [0.3, 0.4) is 0 Å². The van der Waals surface area contributed by atoms with E-state index in [4.69, 9.17) is 0 Å². The van der Waals surface area contributed by atoms with Gasteiger partial charge in [0, 0.05) is 0 Å². The van der Waals surface area contributed by atoms with Gasteiger partial charge in [-0.1, -0.05) is 121 Å². The van der Waals surface area contributed by atoms with Crippen molar-refractivity contribution in [1.29, 1.82) is 0 Å². The molecule has 0 radical (unpaired) electrons. The molecule has 0 aliphatic rings. The molecule has 0 N–H and O–H groups in total. The Morgan fingerprint density at radius 2 is 0.478 bits per heavy atom. The largest absolute Gasteiger partial charge is 0.227 e. The molecule has 46 heavy (non-hydrogen) atoms. The van der Waals surface area contributed by atoms with Gasteiger partial charge in [0.05, 0.1) is 21.0 Å². The minimum Gasteiger partial charge on any atom is -0.227 e. The number of benzene rings is 4. The molecule has 0 unspecified atom stereocenters. The molecule has 0 bridgehead atoms. The first-order valence-corrected chi connectivity index (χ1v) is 21.4. The first-order chi connectivity index (χ1) is 21.5. The summed E-state index contributed by atoms with van der Waals surface area (Å²) in [6, 6.07) is 34.6. The zero-order chi connectivity index (χ0) is 34.2. The van der Waals surface area contributed by atoms with E-state index < -0.39 is 70.5 Å². The topological polar surface area (TPSA) is 137 Å². The molecule has 0 aliphatic heterocycles. The lowest BCUT2D eigenvalue weighted by Gasteiger charge is -2.17. The molecule has 4 aromatic rings. The van der Waals surface area contributed by atoms with E-state index in [1.807, 2.05) is 0 Å². The molecule has 4 atom stereocenters. The van der Waals surface area contributed by atoms with Crippen LogP contribution in [-0.4, -0.2) is 43.8 Å². The zero-order valence-electron chi connectivity index (χ0n) is 26.2.